The highest BCUT2D eigenvalue weighted by Gasteiger charge is 2.90. The van der Waals surface area contributed by atoms with E-state index in [-0.39, 0.29) is 5.56 Å². The number of hydrogen-bond donors (Lipinski definition) is 0. The molecule has 1 unspecified atom stereocenters. The average Bonchev–Trinajstić information content (AvgIpc) is 2.53. The summed E-state index contributed by atoms with van der Waals surface area (Å²) in [6, 6.07) is 4.50. The van der Waals surface area contributed by atoms with E-state index >= 15 is 0 Å². The van der Waals surface area contributed by atoms with Crippen LogP contribution in [0.25, 0.3) is 0 Å². The molecule has 0 spiro atoms. The number of hydrogen-bond acceptors (Lipinski definition) is 0. The van der Waals surface area contributed by atoms with Crippen LogP contribution in [0.5, 0.6) is 0 Å². The van der Waals surface area contributed by atoms with Crippen LogP contribution in [-0.2, 0) is 0 Å². The van der Waals surface area contributed by atoms with Crippen molar-refractivity contribution in [1.82, 2.24) is 0 Å². The number of aryl methyl sites for hydroxylation is 1. The number of alkyl halides is 14. The van der Waals surface area contributed by atoms with Gasteiger partial charge in [0.25, 0.3) is 0 Å². The third kappa shape index (κ3) is 4.11. The van der Waals surface area contributed by atoms with Crippen molar-refractivity contribution in [2.24, 2.45) is 0 Å². The zero-order valence-corrected chi connectivity index (χ0v) is 14.6. The van der Waals surface area contributed by atoms with Gasteiger partial charge in [-0.05, 0) is 12.5 Å². The molecule has 1 aromatic rings. The molecule has 168 valence electrons. The molecule has 0 aromatic heterocycles. The number of halogens is 14. The Morgan fingerprint density at radius 3 is 1.41 bits per heavy atom. The van der Waals surface area contributed by atoms with Crippen LogP contribution in [0.4, 0.5) is 57.1 Å². The van der Waals surface area contributed by atoms with Crippen LogP contribution in [0.15, 0.2) is 24.3 Å². The molecule has 29 heavy (non-hydrogen) atoms. The molecule has 0 N–H and O–H groups in total. The normalized spacial score (nSPS) is 16.1. The molecular formula is C15H10ClF13. The van der Waals surface area contributed by atoms with Crippen molar-refractivity contribution >= 4 is 11.6 Å². The van der Waals surface area contributed by atoms with Crippen molar-refractivity contribution in [3.8, 4) is 0 Å². The van der Waals surface area contributed by atoms with Gasteiger partial charge in [-0.3, -0.25) is 0 Å². The molecule has 0 saturated carbocycles. The second-order valence-electron chi connectivity index (χ2n) is 6.08. The van der Waals surface area contributed by atoms with E-state index in [4.69, 9.17) is 11.6 Å². The molecule has 0 radical (unpaired) electrons. The van der Waals surface area contributed by atoms with Crippen molar-refractivity contribution in [3.05, 3.63) is 35.4 Å². The second kappa shape index (κ2) is 7.38. The summed E-state index contributed by atoms with van der Waals surface area (Å²) in [5, 5.41) is -2.19. The highest BCUT2D eigenvalue weighted by molar-refractivity contribution is 6.20. The molecule has 1 aromatic carbocycles. The Bertz CT molecular complexity index is 706. The first-order chi connectivity index (χ1) is 12.6. The number of benzene rings is 1. The summed E-state index contributed by atoms with van der Waals surface area (Å²) in [5.41, 5.74) is 0.193. The zero-order valence-electron chi connectivity index (χ0n) is 13.9. The van der Waals surface area contributed by atoms with Crippen molar-refractivity contribution in [1.29, 1.82) is 0 Å². The number of rotatable bonds is 7. The van der Waals surface area contributed by atoms with Gasteiger partial charge in [0.05, 0.1) is 5.38 Å². The average molecular weight is 473 g/mol. The SMILES string of the molecule is Cc1ccc(C(Cl)CC(F)(F)C(F)(F)C(F)(F)C(F)(F)C(F)(F)C(F)(F)F)cc1. The Kier molecular flexibility index (Phi) is 6.52. The predicted octanol–water partition coefficient (Wildman–Crippen LogP) is 7.40. The lowest BCUT2D eigenvalue weighted by Crippen LogP contribution is -2.70. The van der Waals surface area contributed by atoms with E-state index in [1.54, 1.807) is 0 Å². The molecular weight excluding hydrogens is 463 g/mol. The highest BCUT2D eigenvalue weighted by atomic mass is 35.5. The smallest absolute Gasteiger partial charge is 0.200 e. The van der Waals surface area contributed by atoms with Crippen molar-refractivity contribution in [2.45, 2.75) is 54.5 Å². The van der Waals surface area contributed by atoms with Gasteiger partial charge >= 0.3 is 35.8 Å². The minimum atomic E-state index is -7.91. The van der Waals surface area contributed by atoms with Gasteiger partial charge in [-0.25, -0.2) is 0 Å². The van der Waals surface area contributed by atoms with Gasteiger partial charge in [-0.1, -0.05) is 29.8 Å². The maximum atomic E-state index is 13.8. The third-order valence-electron chi connectivity index (χ3n) is 3.87. The van der Waals surface area contributed by atoms with Crippen molar-refractivity contribution in [3.63, 3.8) is 0 Å². The molecule has 1 atom stereocenters. The summed E-state index contributed by atoms with van der Waals surface area (Å²) < 4.78 is 169. The minimum Gasteiger partial charge on any atom is -0.200 e. The summed E-state index contributed by atoms with van der Waals surface area (Å²) >= 11 is 5.40. The van der Waals surface area contributed by atoms with Crippen LogP contribution < -0.4 is 0 Å². The molecule has 0 saturated heterocycles. The quantitative estimate of drug-likeness (QED) is 0.286. The molecule has 0 aliphatic heterocycles. The van der Waals surface area contributed by atoms with E-state index in [2.05, 4.69) is 0 Å². The minimum absolute atomic E-state index is 0.344. The van der Waals surface area contributed by atoms with Gasteiger partial charge in [0.2, 0.25) is 0 Å². The molecule has 0 aliphatic carbocycles. The lowest BCUT2D eigenvalue weighted by atomic mass is 9.91. The van der Waals surface area contributed by atoms with Gasteiger partial charge in [0, 0.05) is 6.42 Å². The van der Waals surface area contributed by atoms with Gasteiger partial charge in [0.1, 0.15) is 0 Å². The first-order valence-electron chi connectivity index (χ1n) is 7.30. The summed E-state index contributed by atoms with van der Waals surface area (Å²) in [5.74, 6) is -37.0. The maximum Gasteiger partial charge on any atom is 0.460 e. The van der Waals surface area contributed by atoms with Crippen LogP contribution in [0.3, 0.4) is 0 Å². The van der Waals surface area contributed by atoms with E-state index < -0.39 is 47.6 Å². The van der Waals surface area contributed by atoms with E-state index in [0.29, 0.717) is 5.56 Å². The summed E-state index contributed by atoms with van der Waals surface area (Å²) in [6.07, 6.45) is -9.89. The Morgan fingerprint density at radius 2 is 1.03 bits per heavy atom. The Labute approximate surface area is 159 Å². The topological polar surface area (TPSA) is 0 Å². The molecule has 14 heteroatoms. The summed E-state index contributed by atoms with van der Waals surface area (Å²) in [7, 11) is 0. The van der Waals surface area contributed by atoms with E-state index in [1.807, 2.05) is 0 Å². The van der Waals surface area contributed by atoms with Gasteiger partial charge in [0.15, 0.2) is 0 Å². The largest absolute Gasteiger partial charge is 0.460 e. The first kappa shape index (κ1) is 25.6. The van der Waals surface area contributed by atoms with E-state index in [0.717, 1.165) is 12.1 Å². The molecule has 0 amide bonds. The van der Waals surface area contributed by atoms with Crippen LogP contribution in [-0.4, -0.2) is 35.8 Å². The molecule has 1 rings (SSSR count). The highest BCUT2D eigenvalue weighted by Crippen LogP contribution is 2.61. The van der Waals surface area contributed by atoms with E-state index in [9.17, 15) is 57.1 Å². The molecule has 0 heterocycles. The van der Waals surface area contributed by atoms with Crippen molar-refractivity contribution < 1.29 is 57.1 Å². The summed E-state index contributed by atoms with van der Waals surface area (Å²) in [4.78, 5) is 0. The van der Waals surface area contributed by atoms with Crippen molar-refractivity contribution in [2.75, 3.05) is 0 Å². The fraction of sp³-hybridized carbons (Fsp3) is 0.600. The first-order valence-corrected chi connectivity index (χ1v) is 7.73. The summed E-state index contributed by atoms with van der Waals surface area (Å²) in [6.45, 7) is 1.51. The lowest BCUT2D eigenvalue weighted by molar-refractivity contribution is -0.440. The lowest BCUT2D eigenvalue weighted by Gasteiger charge is -2.40. The predicted molar refractivity (Wildman–Crippen MR) is 75.2 cm³/mol. The van der Waals surface area contributed by atoms with Gasteiger partial charge in [-0.2, -0.15) is 57.1 Å². The monoisotopic (exact) mass is 472 g/mol. The zero-order chi connectivity index (χ0) is 23.3. The Balaban J connectivity index is 3.32. The maximum absolute atomic E-state index is 13.8. The van der Waals surface area contributed by atoms with Crippen LogP contribution >= 0.6 is 11.6 Å². The van der Waals surface area contributed by atoms with Crippen LogP contribution in [0, 0.1) is 6.92 Å². The fourth-order valence-corrected chi connectivity index (χ4v) is 2.39. The van der Waals surface area contributed by atoms with Crippen LogP contribution in [0.1, 0.15) is 22.9 Å². The van der Waals surface area contributed by atoms with Gasteiger partial charge in [-0.15, -0.1) is 11.6 Å². The van der Waals surface area contributed by atoms with Crippen LogP contribution in [0.2, 0.25) is 0 Å². The second-order valence-corrected chi connectivity index (χ2v) is 6.61. The van der Waals surface area contributed by atoms with E-state index in [1.165, 1.54) is 19.1 Å². The Hall–Kier alpha value is -1.40. The molecule has 0 aliphatic rings. The third-order valence-corrected chi connectivity index (χ3v) is 4.28. The van der Waals surface area contributed by atoms with Gasteiger partial charge < -0.3 is 0 Å². The Morgan fingerprint density at radius 1 is 0.655 bits per heavy atom. The molecule has 0 fully saturated rings. The molecule has 0 bridgehead atoms. The molecule has 0 nitrogen and oxygen atoms in total. The fourth-order valence-electron chi connectivity index (χ4n) is 2.05. The standard InChI is InChI=1S/C15H10ClF13/c1-7-2-4-8(5-3-7)9(16)6-10(17,18)11(19,20)12(21,22)13(23,24)14(25,26)15(27,28)29/h2-5,9H,6H2,1H3.